The zero-order chi connectivity index (χ0) is 11.3. The second kappa shape index (κ2) is 5.73. The number of aliphatic hydroxyl groups excluding tert-OH is 1. The molecule has 84 valence electrons. The van der Waals surface area contributed by atoms with Gasteiger partial charge >= 0.3 is 0 Å². The summed E-state index contributed by atoms with van der Waals surface area (Å²) in [6.07, 6.45) is 0.316. The molecule has 3 heteroatoms. The molecule has 0 bridgehead atoms. The number of hydrogen-bond acceptors (Lipinski definition) is 3. The quantitative estimate of drug-likeness (QED) is 0.778. The number of aliphatic hydroxyl groups is 1. The van der Waals surface area contributed by atoms with Crippen LogP contribution in [0.15, 0.2) is 24.3 Å². The zero-order valence-corrected chi connectivity index (χ0v) is 9.31. The maximum absolute atomic E-state index is 9.32. The molecule has 3 nitrogen and oxygen atoms in total. The molecule has 1 aromatic rings. The van der Waals surface area contributed by atoms with Gasteiger partial charge in [0.2, 0.25) is 0 Å². The van der Waals surface area contributed by atoms with Gasteiger partial charge in [-0.25, -0.2) is 0 Å². The predicted molar refractivity (Wildman–Crippen MR) is 60.8 cm³/mol. The Kier molecular flexibility index (Phi) is 4.59. The third kappa shape index (κ3) is 3.90. The lowest BCUT2D eigenvalue weighted by Crippen LogP contribution is -2.16. The SMILES string of the molecule is CCC(O)COc1ccc(C(C)N)cc1. The smallest absolute Gasteiger partial charge is 0.119 e. The summed E-state index contributed by atoms with van der Waals surface area (Å²) in [6.45, 7) is 4.21. The second-order valence-corrected chi connectivity index (χ2v) is 3.73. The Morgan fingerprint density at radius 3 is 2.40 bits per heavy atom. The molecule has 3 N–H and O–H groups in total. The van der Waals surface area contributed by atoms with E-state index >= 15 is 0 Å². The van der Waals surface area contributed by atoms with Gasteiger partial charge in [0.15, 0.2) is 0 Å². The van der Waals surface area contributed by atoms with Crippen LogP contribution in [0.25, 0.3) is 0 Å². The third-order valence-corrected chi connectivity index (χ3v) is 2.32. The van der Waals surface area contributed by atoms with Crippen molar-refractivity contribution in [1.29, 1.82) is 0 Å². The van der Waals surface area contributed by atoms with Gasteiger partial charge in [-0.1, -0.05) is 19.1 Å². The van der Waals surface area contributed by atoms with Gasteiger partial charge in [-0.05, 0) is 31.0 Å². The van der Waals surface area contributed by atoms with Crippen molar-refractivity contribution >= 4 is 0 Å². The molecule has 0 aliphatic heterocycles. The van der Waals surface area contributed by atoms with Gasteiger partial charge < -0.3 is 15.6 Å². The van der Waals surface area contributed by atoms with E-state index in [4.69, 9.17) is 10.5 Å². The highest BCUT2D eigenvalue weighted by Crippen LogP contribution is 2.16. The lowest BCUT2D eigenvalue weighted by molar-refractivity contribution is 0.104. The van der Waals surface area contributed by atoms with E-state index in [0.717, 1.165) is 11.3 Å². The minimum Gasteiger partial charge on any atom is -0.491 e. The number of hydrogen-bond donors (Lipinski definition) is 2. The standard InChI is InChI=1S/C12H19NO2/c1-3-11(14)8-15-12-6-4-10(5-7-12)9(2)13/h4-7,9,11,14H,3,8,13H2,1-2H3. The Labute approximate surface area is 90.9 Å². The Balaban J connectivity index is 2.50. The minimum absolute atomic E-state index is 0.0419. The molecule has 1 rings (SSSR count). The van der Waals surface area contributed by atoms with Crippen LogP contribution in [0.4, 0.5) is 0 Å². The second-order valence-electron chi connectivity index (χ2n) is 3.73. The molecule has 0 saturated carbocycles. The van der Waals surface area contributed by atoms with E-state index in [1.165, 1.54) is 0 Å². The van der Waals surface area contributed by atoms with Gasteiger partial charge in [0, 0.05) is 6.04 Å². The van der Waals surface area contributed by atoms with E-state index < -0.39 is 6.10 Å². The fourth-order valence-electron chi connectivity index (χ4n) is 1.18. The van der Waals surface area contributed by atoms with Crippen LogP contribution in [-0.4, -0.2) is 17.8 Å². The Hall–Kier alpha value is -1.06. The predicted octanol–water partition coefficient (Wildman–Crippen LogP) is 1.86. The minimum atomic E-state index is -0.391. The molecule has 0 aliphatic carbocycles. The largest absolute Gasteiger partial charge is 0.491 e. The molecule has 0 spiro atoms. The van der Waals surface area contributed by atoms with Gasteiger partial charge in [-0.3, -0.25) is 0 Å². The van der Waals surface area contributed by atoms with Crippen molar-refractivity contribution in [2.75, 3.05) is 6.61 Å². The molecular weight excluding hydrogens is 190 g/mol. The van der Waals surface area contributed by atoms with Crippen LogP contribution >= 0.6 is 0 Å². The van der Waals surface area contributed by atoms with E-state index in [2.05, 4.69) is 0 Å². The molecule has 0 heterocycles. The highest BCUT2D eigenvalue weighted by Gasteiger charge is 2.03. The topological polar surface area (TPSA) is 55.5 Å². The zero-order valence-electron chi connectivity index (χ0n) is 9.31. The van der Waals surface area contributed by atoms with E-state index in [9.17, 15) is 5.11 Å². The van der Waals surface area contributed by atoms with Crippen molar-refractivity contribution in [1.82, 2.24) is 0 Å². The van der Waals surface area contributed by atoms with E-state index in [-0.39, 0.29) is 6.04 Å². The summed E-state index contributed by atoms with van der Waals surface area (Å²) < 4.78 is 5.40. The summed E-state index contributed by atoms with van der Waals surface area (Å²) in [5.74, 6) is 0.770. The molecule has 0 amide bonds. The maximum atomic E-state index is 9.32. The molecular formula is C12H19NO2. The lowest BCUT2D eigenvalue weighted by Gasteiger charge is -2.11. The summed E-state index contributed by atoms with van der Waals surface area (Å²) in [6, 6.07) is 7.68. The first-order chi connectivity index (χ1) is 7.13. The van der Waals surface area contributed by atoms with E-state index in [1.54, 1.807) is 0 Å². The monoisotopic (exact) mass is 209 g/mol. The van der Waals surface area contributed by atoms with Crippen molar-refractivity contribution in [3.63, 3.8) is 0 Å². The van der Waals surface area contributed by atoms with Gasteiger partial charge in [0.05, 0.1) is 6.10 Å². The Morgan fingerprint density at radius 1 is 1.33 bits per heavy atom. The first kappa shape index (κ1) is 12.0. The van der Waals surface area contributed by atoms with E-state index in [1.807, 2.05) is 38.1 Å². The van der Waals surface area contributed by atoms with Crippen LogP contribution < -0.4 is 10.5 Å². The van der Waals surface area contributed by atoms with Crippen LogP contribution in [0.5, 0.6) is 5.75 Å². The van der Waals surface area contributed by atoms with Crippen LogP contribution in [0.3, 0.4) is 0 Å². The Bertz CT molecular complexity index is 282. The molecule has 0 aliphatic rings. The fourth-order valence-corrected chi connectivity index (χ4v) is 1.18. The van der Waals surface area contributed by atoms with Gasteiger partial charge in [0.1, 0.15) is 12.4 Å². The summed E-state index contributed by atoms with van der Waals surface area (Å²) in [4.78, 5) is 0. The van der Waals surface area contributed by atoms with E-state index in [0.29, 0.717) is 13.0 Å². The number of ether oxygens (including phenoxy) is 1. The summed E-state index contributed by atoms with van der Waals surface area (Å²) in [5, 5.41) is 9.32. The maximum Gasteiger partial charge on any atom is 0.119 e. The first-order valence-corrected chi connectivity index (χ1v) is 5.30. The Morgan fingerprint density at radius 2 is 1.93 bits per heavy atom. The van der Waals surface area contributed by atoms with Crippen molar-refractivity contribution in [2.45, 2.75) is 32.4 Å². The highest BCUT2D eigenvalue weighted by atomic mass is 16.5. The van der Waals surface area contributed by atoms with Crippen LogP contribution in [-0.2, 0) is 0 Å². The summed E-state index contributed by atoms with van der Waals surface area (Å²) in [5.41, 5.74) is 6.81. The molecule has 15 heavy (non-hydrogen) atoms. The van der Waals surface area contributed by atoms with Crippen molar-refractivity contribution in [3.8, 4) is 5.75 Å². The molecule has 1 aromatic carbocycles. The molecule has 2 atom stereocenters. The normalized spacial score (nSPS) is 14.7. The molecule has 0 fully saturated rings. The average Bonchev–Trinajstić information content (AvgIpc) is 2.26. The van der Waals surface area contributed by atoms with Gasteiger partial charge in [0.25, 0.3) is 0 Å². The van der Waals surface area contributed by atoms with Crippen LogP contribution in [0, 0.1) is 0 Å². The average molecular weight is 209 g/mol. The van der Waals surface area contributed by atoms with Crippen LogP contribution in [0.1, 0.15) is 31.9 Å². The summed E-state index contributed by atoms with van der Waals surface area (Å²) >= 11 is 0. The van der Waals surface area contributed by atoms with Crippen LogP contribution in [0.2, 0.25) is 0 Å². The number of rotatable bonds is 5. The molecule has 0 aromatic heterocycles. The fraction of sp³-hybridized carbons (Fsp3) is 0.500. The van der Waals surface area contributed by atoms with Crippen molar-refractivity contribution < 1.29 is 9.84 Å². The van der Waals surface area contributed by atoms with Gasteiger partial charge in [-0.15, -0.1) is 0 Å². The molecule has 0 radical (unpaired) electrons. The van der Waals surface area contributed by atoms with Crippen molar-refractivity contribution in [3.05, 3.63) is 29.8 Å². The highest BCUT2D eigenvalue weighted by molar-refractivity contribution is 5.28. The summed E-state index contributed by atoms with van der Waals surface area (Å²) in [7, 11) is 0. The van der Waals surface area contributed by atoms with Gasteiger partial charge in [-0.2, -0.15) is 0 Å². The van der Waals surface area contributed by atoms with Crippen molar-refractivity contribution in [2.24, 2.45) is 5.73 Å². The number of benzene rings is 1. The number of nitrogens with two attached hydrogens (primary N) is 1. The first-order valence-electron chi connectivity index (χ1n) is 5.30. The molecule has 2 unspecified atom stereocenters. The molecule has 0 saturated heterocycles. The third-order valence-electron chi connectivity index (χ3n) is 2.32. The lowest BCUT2D eigenvalue weighted by atomic mass is 10.1.